The highest BCUT2D eigenvalue weighted by Gasteiger charge is 2.43. The van der Waals surface area contributed by atoms with Gasteiger partial charge < -0.3 is 0 Å². The second kappa shape index (κ2) is 6.93. The molecule has 0 aromatic heterocycles. The summed E-state index contributed by atoms with van der Waals surface area (Å²) < 4.78 is 28.3. The van der Waals surface area contributed by atoms with Crippen LogP contribution in [-0.4, -0.2) is 25.8 Å². The molecule has 24 heavy (non-hydrogen) atoms. The Bertz CT molecular complexity index is 755. The molecule has 2 atom stereocenters. The molecular formula is C18H23N3O2S. The molecule has 0 amide bonds. The first-order chi connectivity index (χ1) is 11.5. The minimum Gasteiger partial charge on any atom is -0.265 e. The van der Waals surface area contributed by atoms with Crippen molar-refractivity contribution < 1.29 is 8.42 Å². The maximum atomic E-state index is 13.4. The lowest BCUT2D eigenvalue weighted by Crippen LogP contribution is -2.46. The van der Waals surface area contributed by atoms with E-state index in [1.165, 1.54) is 4.31 Å². The fourth-order valence-corrected chi connectivity index (χ4v) is 5.40. The second-order valence-electron chi connectivity index (χ2n) is 6.20. The van der Waals surface area contributed by atoms with Gasteiger partial charge in [-0.15, -0.1) is 0 Å². The van der Waals surface area contributed by atoms with E-state index < -0.39 is 15.3 Å². The molecule has 0 bridgehead atoms. The SMILES string of the molecule is CC1NNC(C)C1S(=O)(=O)N(Cc1ccccc1)c1ccccc1. The van der Waals surface area contributed by atoms with Crippen LogP contribution in [0, 0.1) is 0 Å². The number of rotatable bonds is 5. The Labute approximate surface area is 143 Å². The van der Waals surface area contributed by atoms with E-state index in [0.717, 1.165) is 5.56 Å². The highest BCUT2D eigenvalue weighted by Crippen LogP contribution is 2.27. The van der Waals surface area contributed by atoms with E-state index in [9.17, 15) is 8.42 Å². The predicted molar refractivity (Wildman–Crippen MR) is 97.0 cm³/mol. The number of hydrogen-bond acceptors (Lipinski definition) is 4. The van der Waals surface area contributed by atoms with Gasteiger partial charge in [0.2, 0.25) is 10.0 Å². The summed E-state index contributed by atoms with van der Waals surface area (Å²) in [6, 6.07) is 18.6. The van der Waals surface area contributed by atoms with Crippen LogP contribution in [0.4, 0.5) is 5.69 Å². The molecule has 1 saturated heterocycles. The maximum Gasteiger partial charge on any atom is 0.241 e. The molecule has 2 unspecified atom stereocenters. The van der Waals surface area contributed by atoms with E-state index in [2.05, 4.69) is 10.9 Å². The Balaban J connectivity index is 2.01. The third-order valence-electron chi connectivity index (χ3n) is 4.39. The van der Waals surface area contributed by atoms with Crippen LogP contribution in [0.2, 0.25) is 0 Å². The minimum atomic E-state index is -3.54. The standard InChI is InChI=1S/C18H23N3O2S/c1-14-18(15(2)20-19-14)24(22,23)21(17-11-7-4-8-12-17)13-16-9-5-3-6-10-16/h3-12,14-15,18-20H,13H2,1-2H3. The van der Waals surface area contributed by atoms with Crippen LogP contribution >= 0.6 is 0 Å². The van der Waals surface area contributed by atoms with Crippen molar-refractivity contribution in [1.29, 1.82) is 0 Å². The molecule has 1 fully saturated rings. The molecule has 2 aromatic rings. The highest BCUT2D eigenvalue weighted by molar-refractivity contribution is 7.93. The molecule has 128 valence electrons. The van der Waals surface area contributed by atoms with Gasteiger partial charge in [-0.25, -0.2) is 8.42 Å². The van der Waals surface area contributed by atoms with E-state index in [1.807, 2.05) is 74.5 Å². The lowest BCUT2D eigenvalue weighted by Gasteiger charge is -2.30. The quantitative estimate of drug-likeness (QED) is 0.873. The van der Waals surface area contributed by atoms with Crippen LogP contribution in [0.15, 0.2) is 60.7 Å². The average molecular weight is 345 g/mol. The summed E-state index contributed by atoms with van der Waals surface area (Å²) in [6.45, 7) is 4.11. The summed E-state index contributed by atoms with van der Waals surface area (Å²) >= 11 is 0. The van der Waals surface area contributed by atoms with Gasteiger partial charge in [0.25, 0.3) is 0 Å². The van der Waals surface area contributed by atoms with Gasteiger partial charge in [-0.1, -0.05) is 48.5 Å². The molecule has 0 radical (unpaired) electrons. The van der Waals surface area contributed by atoms with Crippen molar-refractivity contribution in [2.24, 2.45) is 0 Å². The van der Waals surface area contributed by atoms with Gasteiger partial charge in [-0.05, 0) is 31.5 Å². The second-order valence-corrected chi connectivity index (χ2v) is 8.22. The molecule has 0 aliphatic carbocycles. The van der Waals surface area contributed by atoms with Gasteiger partial charge in [-0.3, -0.25) is 15.2 Å². The number of sulfonamides is 1. The predicted octanol–water partition coefficient (Wildman–Crippen LogP) is 2.28. The van der Waals surface area contributed by atoms with E-state index in [0.29, 0.717) is 12.2 Å². The van der Waals surface area contributed by atoms with Crippen molar-refractivity contribution in [2.45, 2.75) is 37.7 Å². The third kappa shape index (κ3) is 3.31. The number of hydrazine groups is 1. The summed E-state index contributed by atoms with van der Waals surface area (Å²) in [6.07, 6.45) is 0. The van der Waals surface area contributed by atoms with Crippen LogP contribution in [0.25, 0.3) is 0 Å². The molecule has 2 aromatic carbocycles. The summed E-state index contributed by atoms with van der Waals surface area (Å²) in [5, 5.41) is -0.526. The first-order valence-corrected chi connectivity index (χ1v) is 9.62. The summed E-state index contributed by atoms with van der Waals surface area (Å²) in [5.41, 5.74) is 7.73. The van der Waals surface area contributed by atoms with Gasteiger partial charge >= 0.3 is 0 Å². The molecule has 0 spiro atoms. The van der Waals surface area contributed by atoms with Crippen LogP contribution in [0.5, 0.6) is 0 Å². The Morgan fingerprint density at radius 3 is 1.92 bits per heavy atom. The molecule has 5 nitrogen and oxygen atoms in total. The molecule has 3 rings (SSSR count). The van der Waals surface area contributed by atoms with E-state index in [1.54, 1.807) is 0 Å². The molecule has 1 aliphatic heterocycles. The van der Waals surface area contributed by atoms with E-state index >= 15 is 0 Å². The van der Waals surface area contributed by atoms with Gasteiger partial charge in [0, 0.05) is 12.1 Å². The van der Waals surface area contributed by atoms with Crippen molar-refractivity contribution in [3.8, 4) is 0 Å². The third-order valence-corrected chi connectivity index (χ3v) is 6.85. The summed E-state index contributed by atoms with van der Waals surface area (Å²) in [5.74, 6) is 0. The Morgan fingerprint density at radius 2 is 1.38 bits per heavy atom. The van der Waals surface area contributed by atoms with Gasteiger partial charge in [-0.2, -0.15) is 0 Å². The van der Waals surface area contributed by atoms with Gasteiger partial charge in [0.1, 0.15) is 5.25 Å². The minimum absolute atomic E-state index is 0.160. The Kier molecular flexibility index (Phi) is 4.89. The van der Waals surface area contributed by atoms with E-state index in [4.69, 9.17) is 0 Å². The number of nitrogens with zero attached hydrogens (tertiary/aromatic N) is 1. The number of para-hydroxylation sites is 1. The molecule has 1 aliphatic rings. The molecule has 1 heterocycles. The molecule has 6 heteroatoms. The van der Waals surface area contributed by atoms with Gasteiger partial charge in [0.05, 0.1) is 12.2 Å². The van der Waals surface area contributed by atoms with Crippen molar-refractivity contribution in [3.05, 3.63) is 66.2 Å². The topological polar surface area (TPSA) is 61.4 Å². The Hall–Kier alpha value is -1.89. The zero-order valence-corrected chi connectivity index (χ0v) is 14.7. The first kappa shape index (κ1) is 17.0. The fraction of sp³-hybridized carbons (Fsp3) is 0.333. The average Bonchev–Trinajstić information content (AvgIpc) is 2.93. The summed E-state index contributed by atoms with van der Waals surface area (Å²) in [7, 11) is -3.54. The first-order valence-electron chi connectivity index (χ1n) is 8.12. The zero-order chi connectivity index (χ0) is 17.2. The number of anilines is 1. The molecular weight excluding hydrogens is 322 g/mol. The van der Waals surface area contributed by atoms with Crippen molar-refractivity contribution in [3.63, 3.8) is 0 Å². The normalized spacial score (nSPS) is 24.0. The maximum absolute atomic E-state index is 13.4. The van der Waals surface area contributed by atoms with Crippen molar-refractivity contribution >= 4 is 15.7 Å². The van der Waals surface area contributed by atoms with Crippen LogP contribution in [0.3, 0.4) is 0 Å². The number of nitrogens with one attached hydrogen (secondary N) is 2. The zero-order valence-electron chi connectivity index (χ0n) is 13.9. The van der Waals surface area contributed by atoms with Gasteiger partial charge in [0.15, 0.2) is 0 Å². The lowest BCUT2D eigenvalue weighted by atomic mass is 10.2. The van der Waals surface area contributed by atoms with Crippen LogP contribution < -0.4 is 15.2 Å². The van der Waals surface area contributed by atoms with Crippen LogP contribution in [-0.2, 0) is 16.6 Å². The fourth-order valence-electron chi connectivity index (χ4n) is 3.19. The number of benzene rings is 2. The molecule has 2 N–H and O–H groups in total. The molecule has 0 saturated carbocycles. The highest BCUT2D eigenvalue weighted by atomic mass is 32.2. The van der Waals surface area contributed by atoms with Crippen LogP contribution in [0.1, 0.15) is 19.4 Å². The Morgan fingerprint density at radius 1 is 0.875 bits per heavy atom. The smallest absolute Gasteiger partial charge is 0.241 e. The number of hydrogen-bond donors (Lipinski definition) is 2. The lowest BCUT2D eigenvalue weighted by molar-refractivity contribution is 0.553. The van der Waals surface area contributed by atoms with Crippen molar-refractivity contribution in [2.75, 3.05) is 4.31 Å². The van der Waals surface area contributed by atoms with Crippen molar-refractivity contribution in [1.82, 2.24) is 10.9 Å². The summed E-state index contributed by atoms with van der Waals surface area (Å²) in [4.78, 5) is 0. The largest absolute Gasteiger partial charge is 0.265 e. The van der Waals surface area contributed by atoms with E-state index in [-0.39, 0.29) is 12.1 Å². The monoisotopic (exact) mass is 345 g/mol.